The average molecular weight is 375 g/mol. The topological polar surface area (TPSA) is 81.1 Å². The smallest absolute Gasteiger partial charge is 0.250 e. The normalized spacial score (nSPS) is 10.3. The number of halogens is 3. The third kappa shape index (κ3) is 2.85. The van der Waals surface area contributed by atoms with E-state index in [2.05, 4.69) is 21.2 Å². The SMILES string of the molecule is NC(=O)c1cccc(Nc2ccc(Br)c(Cl)c2Cl)c1N. The number of primary amides is 1. The average Bonchev–Trinajstić information content (AvgIpc) is 2.41. The number of nitrogens with two attached hydrogens (primary N) is 2. The van der Waals surface area contributed by atoms with E-state index < -0.39 is 5.91 Å². The minimum Gasteiger partial charge on any atom is -0.396 e. The molecule has 20 heavy (non-hydrogen) atoms. The lowest BCUT2D eigenvalue weighted by Gasteiger charge is -2.13. The van der Waals surface area contributed by atoms with Crippen LogP contribution in [-0.2, 0) is 0 Å². The summed E-state index contributed by atoms with van der Waals surface area (Å²) in [5, 5.41) is 3.78. The molecule has 0 saturated heterocycles. The largest absolute Gasteiger partial charge is 0.396 e. The van der Waals surface area contributed by atoms with Crippen LogP contribution in [0, 0.1) is 0 Å². The van der Waals surface area contributed by atoms with Gasteiger partial charge >= 0.3 is 0 Å². The van der Waals surface area contributed by atoms with Crippen molar-refractivity contribution in [2.24, 2.45) is 5.73 Å². The molecular weight excluding hydrogens is 365 g/mol. The highest BCUT2D eigenvalue weighted by Gasteiger charge is 2.12. The summed E-state index contributed by atoms with van der Waals surface area (Å²) < 4.78 is 0.688. The molecule has 0 aliphatic heterocycles. The highest BCUT2D eigenvalue weighted by molar-refractivity contribution is 9.10. The van der Waals surface area contributed by atoms with Crippen LogP contribution in [0.25, 0.3) is 0 Å². The number of rotatable bonds is 3. The lowest BCUT2D eigenvalue weighted by Crippen LogP contribution is -2.14. The fourth-order valence-electron chi connectivity index (χ4n) is 1.66. The molecule has 0 radical (unpaired) electrons. The zero-order valence-electron chi connectivity index (χ0n) is 10.1. The number of hydrogen-bond acceptors (Lipinski definition) is 3. The van der Waals surface area contributed by atoms with Gasteiger partial charge in [0.05, 0.1) is 32.7 Å². The number of carbonyl (C=O) groups is 1. The number of nitrogen functional groups attached to an aromatic ring is 1. The molecule has 7 heteroatoms. The second-order valence-electron chi connectivity index (χ2n) is 3.98. The van der Waals surface area contributed by atoms with Crippen molar-refractivity contribution in [2.75, 3.05) is 11.1 Å². The Morgan fingerprint density at radius 1 is 1.10 bits per heavy atom. The van der Waals surface area contributed by atoms with Crippen molar-refractivity contribution in [3.63, 3.8) is 0 Å². The molecule has 2 aromatic carbocycles. The van der Waals surface area contributed by atoms with Gasteiger partial charge in [0.25, 0.3) is 5.91 Å². The Kier molecular flexibility index (Phi) is 4.42. The first-order valence-corrected chi connectivity index (χ1v) is 7.05. The predicted molar refractivity (Wildman–Crippen MR) is 86.8 cm³/mol. The van der Waals surface area contributed by atoms with Gasteiger partial charge in [-0.05, 0) is 40.2 Å². The summed E-state index contributed by atoms with van der Waals surface area (Å²) in [6, 6.07) is 8.44. The third-order valence-electron chi connectivity index (χ3n) is 2.68. The van der Waals surface area contributed by atoms with Crippen LogP contribution >= 0.6 is 39.1 Å². The van der Waals surface area contributed by atoms with Gasteiger partial charge in [-0.25, -0.2) is 0 Å². The first-order chi connectivity index (χ1) is 9.41. The summed E-state index contributed by atoms with van der Waals surface area (Å²) in [5.74, 6) is -0.592. The van der Waals surface area contributed by atoms with Crippen molar-refractivity contribution in [3.05, 3.63) is 50.4 Å². The van der Waals surface area contributed by atoms with E-state index in [0.717, 1.165) is 0 Å². The van der Waals surface area contributed by atoms with Crippen molar-refractivity contribution in [3.8, 4) is 0 Å². The van der Waals surface area contributed by atoms with E-state index in [1.165, 1.54) is 0 Å². The standard InChI is InChI=1S/C13H10BrCl2N3O/c14-7-4-5-8(11(16)10(7)15)19-9-3-1-2-6(12(9)17)13(18)20/h1-5,19H,17H2,(H2,18,20). The Morgan fingerprint density at radius 3 is 2.45 bits per heavy atom. The van der Waals surface area contributed by atoms with Crippen molar-refractivity contribution in [1.82, 2.24) is 0 Å². The van der Waals surface area contributed by atoms with Crippen LogP contribution in [0.1, 0.15) is 10.4 Å². The summed E-state index contributed by atoms with van der Waals surface area (Å²) in [6.07, 6.45) is 0. The molecule has 1 amide bonds. The van der Waals surface area contributed by atoms with E-state index in [1.54, 1.807) is 30.3 Å². The van der Waals surface area contributed by atoms with Gasteiger partial charge in [-0.2, -0.15) is 0 Å². The molecule has 0 aliphatic carbocycles. The van der Waals surface area contributed by atoms with Gasteiger partial charge < -0.3 is 16.8 Å². The first kappa shape index (κ1) is 15.0. The van der Waals surface area contributed by atoms with Gasteiger partial charge in [0, 0.05) is 4.47 Å². The van der Waals surface area contributed by atoms with Crippen molar-refractivity contribution < 1.29 is 4.79 Å². The van der Waals surface area contributed by atoms with E-state index >= 15 is 0 Å². The summed E-state index contributed by atoms with van der Waals surface area (Å²) >= 11 is 15.5. The minimum atomic E-state index is -0.592. The molecular formula is C13H10BrCl2N3O. The molecule has 104 valence electrons. The van der Waals surface area contributed by atoms with Gasteiger partial charge in [0.1, 0.15) is 0 Å². The van der Waals surface area contributed by atoms with Gasteiger partial charge in [-0.1, -0.05) is 29.3 Å². The Balaban J connectivity index is 2.43. The lowest BCUT2D eigenvalue weighted by atomic mass is 10.1. The minimum absolute atomic E-state index is 0.245. The Morgan fingerprint density at radius 2 is 1.80 bits per heavy atom. The monoisotopic (exact) mass is 373 g/mol. The summed E-state index contributed by atoms with van der Waals surface area (Å²) in [7, 11) is 0. The molecule has 0 saturated carbocycles. The lowest BCUT2D eigenvalue weighted by molar-refractivity contribution is 0.100. The van der Waals surface area contributed by atoms with Crippen molar-refractivity contribution in [2.45, 2.75) is 0 Å². The molecule has 2 rings (SSSR count). The summed E-state index contributed by atoms with van der Waals surface area (Å²) in [5.41, 5.74) is 12.8. The van der Waals surface area contributed by atoms with Crippen LogP contribution < -0.4 is 16.8 Å². The number of amides is 1. The maximum atomic E-state index is 11.3. The quantitative estimate of drug-likeness (QED) is 0.556. The van der Waals surface area contributed by atoms with E-state index in [1.807, 2.05) is 0 Å². The van der Waals surface area contributed by atoms with Crippen LogP contribution in [0.15, 0.2) is 34.8 Å². The van der Waals surface area contributed by atoms with Crippen LogP contribution in [0.2, 0.25) is 10.0 Å². The van der Waals surface area contributed by atoms with E-state index in [-0.39, 0.29) is 11.3 Å². The Bertz CT molecular complexity index is 692. The van der Waals surface area contributed by atoms with Crippen LogP contribution in [0.3, 0.4) is 0 Å². The number of hydrogen-bond donors (Lipinski definition) is 3. The first-order valence-electron chi connectivity index (χ1n) is 5.50. The van der Waals surface area contributed by atoms with E-state index in [0.29, 0.717) is 25.9 Å². The fraction of sp³-hybridized carbons (Fsp3) is 0. The molecule has 0 aromatic heterocycles. The van der Waals surface area contributed by atoms with Gasteiger partial charge in [0.15, 0.2) is 0 Å². The molecule has 5 N–H and O–H groups in total. The molecule has 0 fully saturated rings. The molecule has 2 aromatic rings. The second-order valence-corrected chi connectivity index (χ2v) is 5.59. The maximum absolute atomic E-state index is 11.3. The summed E-state index contributed by atoms with van der Waals surface area (Å²) in [6.45, 7) is 0. The molecule has 0 heterocycles. The van der Waals surface area contributed by atoms with E-state index in [4.69, 9.17) is 34.7 Å². The molecule has 0 aliphatic rings. The van der Waals surface area contributed by atoms with Crippen LogP contribution in [0.4, 0.5) is 17.1 Å². The highest BCUT2D eigenvalue weighted by atomic mass is 79.9. The van der Waals surface area contributed by atoms with Crippen LogP contribution in [-0.4, -0.2) is 5.91 Å². The van der Waals surface area contributed by atoms with Crippen LogP contribution in [0.5, 0.6) is 0 Å². The number of nitrogens with one attached hydrogen (secondary N) is 1. The summed E-state index contributed by atoms with van der Waals surface area (Å²) in [4.78, 5) is 11.3. The zero-order valence-corrected chi connectivity index (χ0v) is 13.2. The maximum Gasteiger partial charge on any atom is 0.250 e. The number of benzene rings is 2. The van der Waals surface area contributed by atoms with E-state index in [9.17, 15) is 4.79 Å². The number of para-hydroxylation sites is 1. The predicted octanol–water partition coefficient (Wildman–Crippen LogP) is 4.18. The molecule has 0 unspecified atom stereocenters. The second kappa shape index (κ2) is 5.91. The molecule has 0 bridgehead atoms. The highest BCUT2D eigenvalue weighted by Crippen LogP contribution is 2.38. The third-order valence-corrected chi connectivity index (χ3v) is 4.45. The molecule has 4 nitrogen and oxygen atoms in total. The fourth-order valence-corrected chi connectivity index (χ4v) is 2.48. The van der Waals surface area contributed by atoms with Crippen molar-refractivity contribution >= 4 is 62.1 Å². The Hall–Kier alpha value is -1.43. The molecule has 0 atom stereocenters. The van der Waals surface area contributed by atoms with Gasteiger partial charge in [-0.15, -0.1) is 0 Å². The zero-order chi connectivity index (χ0) is 14.9. The van der Waals surface area contributed by atoms with Gasteiger partial charge in [-0.3, -0.25) is 4.79 Å². The number of anilines is 3. The Labute approximate surface area is 134 Å². The number of carbonyl (C=O) groups excluding carboxylic acids is 1. The van der Waals surface area contributed by atoms with Crippen molar-refractivity contribution in [1.29, 1.82) is 0 Å². The molecule has 0 spiro atoms. The van der Waals surface area contributed by atoms with Gasteiger partial charge in [0.2, 0.25) is 0 Å².